The van der Waals surface area contributed by atoms with Crippen molar-refractivity contribution in [2.45, 2.75) is 78.3 Å². The molecule has 0 unspecified atom stereocenters. The van der Waals surface area contributed by atoms with Crippen LogP contribution in [0.15, 0.2) is 0 Å². The summed E-state index contributed by atoms with van der Waals surface area (Å²) < 4.78 is 5.40. The van der Waals surface area contributed by atoms with Crippen molar-refractivity contribution in [3.8, 4) is 0 Å². The van der Waals surface area contributed by atoms with Crippen molar-refractivity contribution >= 4 is 0 Å². The van der Waals surface area contributed by atoms with Gasteiger partial charge in [0, 0.05) is 25.3 Å². The summed E-state index contributed by atoms with van der Waals surface area (Å²) in [6, 6.07) is 1.52. The Balaban J connectivity index is 0.000000771. The van der Waals surface area contributed by atoms with Crippen molar-refractivity contribution in [2.24, 2.45) is 11.8 Å². The minimum atomic E-state index is 0.731. The van der Waals surface area contributed by atoms with Crippen molar-refractivity contribution in [1.82, 2.24) is 5.32 Å². The molecule has 1 saturated heterocycles. The SMILES string of the molecule is CC.CC(C)C1CCC(NC2CCOCC2)CC1. The van der Waals surface area contributed by atoms with Gasteiger partial charge in [-0.2, -0.15) is 0 Å². The van der Waals surface area contributed by atoms with Crippen molar-refractivity contribution in [3.63, 3.8) is 0 Å². The van der Waals surface area contributed by atoms with E-state index in [2.05, 4.69) is 19.2 Å². The summed E-state index contributed by atoms with van der Waals surface area (Å²) in [6.07, 6.45) is 8.06. The van der Waals surface area contributed by atoms with E-state index < -0.39 is 0 Å². The molecule has 2 aliphatic rings. The van der Waals surface area contributed by atoms with Crippen molar-refractivity contribution in [1.29, 1.82) is 0 Å². The first-order valence-electron chi connectivity index (χ1n) is 8.09. The van der Waals surface area contributed by atoms with Crippen LogP contribution in [0.5, 0.6) is 0 Å². The first kappa shape index (κ1) is 16.0. The molecule has 1 saturated carbocycles. The van der Waals surface area contributed by atoms with Crippen LogP contribution < -0.4 is 5.32 Å². The van der Waals surface area contributed by atoms with Gasteiger partial charge in [-0.3, -0.25) is 0 Å². The molecule has 0 bridgehead atoms. The van der Waals surface area contributed by atoms with Crippen LogP contribution in [0.2, 0.25) is 0 Å². The highest BCUT2D eigenvalue weighted by Gasteiger charge is 2.25. The Morgan fingerprint density at radius 3 is 1.83 bits per heavy atom. The topological polar surface area (TPSA) is 21.3 Å². The average molecular weight is 255 g/mol. The van der Waals surface area contributed by atoms with Crippen LogP contribution in [0.1, 0.15) is 66.2 Å². The molecule has 0 aromatic rings. The average Bonchev–Trinajstić information content (AvgIpc) is 2.43. The molecular weight excluding hydrogens is 222 g/mol. The quantitative estimate of drug-likeness (QED) is 0.823. The maximum Gasteiger partial charge on any atom is 0.0480 e. The van der Waals surface area contributed by atoms with Gasteiger partial charge in [0.2, 0.25) is 0 Å². The molecule has 1 N–H and O–H groups in total. The Bertz CT molecular complexity index is 191. The van der Waals surface area contributed by atoms with Crippen molar-refractivity contribution < 1.29 is 4.74 Å². The van der Waals surface area contributed by atoms with Crippen LogP contribution in [-0.2, 0) is 4.74 Å². The lowest BCUT2D eigenvalue weighted by atomic mass is 9.79. The Labute approximate surface area is 114 Å². The third-order valence-electron chi connectivity index (χ3n) is 4.41. The van der Waals surface area contributed by atoms with Gasteiger partial charge in [-0.05, 0) is 50.4 Å². The van der Waals surface area contributed by atoms with Gasteiger partial charge < -0.3 is 10.1 Å². The molecule has 0 aromatic heterocycles. The molecule has 2 rings (SSSR count). The molecule has 2 fully saturated rings. The van der Waals surface area contributed by atoms with E-state index in [1.807, 2.05) is 13.8 Å². The third kappa shape index (κ3) is 5.27. The first-order valence-corrected chi connectivity index (χ1v) is 8.09. The fourth-order valence-electron chi connectivity index (χ4n) is 3.15. The van der Waals surface area contributed by atoms with E-state index in [9.17, 15) is 0 Å². The van der Waals surface area contributed by atoms with E-state index in [4.69, 9.17) is 4.74 Å². The number of ether oxygens (including phenoxy) is 1. The molecule has 1 aliphatic heterocycles. The first-order chi connectivity index (χ1) is 8.75. The molecule has 0 amide bonds. The lowest BCUT2D eigenvalue weighted by Gasteiger charge is -2.34. The minimum Gasteiger partial charge on any atom is -0.381 e. The lowest BCUT2D eigenvalue weighted by Crippen LogP contribution is -2.43. The fourth-order valence-corrected chi connectivity index (χ4v) is 3.15. The van der Waals surface area contributed by atoms with Gasteiger partial charge in [0.15, 0.2) is 0 Å². The van der Waals surface area contributed by atoms with Gasteiger partial charge in [0.05, 0.1) is 0 Å². The lowest BCUT2D eigenvalue weighted by molar-refractivity contribution is 0.0716. The third-order valence-corrected chi connectivity index (χ3v) is 4.41. The molecule has 0 aromatic carbocycles. The van der Waals surface area contributed by atoms with Crippen LogP contribution >= 0.6 is 0 Å². The van der Waals surface area contributed by atoms with E-state index in [1.54, 1.807) is 0 Å². The molecular formula is C16H33NO. The molecule has 18 heavy (non-hydrogen) atoms. The number of nitrogens with one attached hydrogen (secondary N) is 1. The van der Waals surface area contributed by atoms with Gasteiger partial charge in [-0.25, -0.2) is 0 Å². The Hall–Kier alpha value is -0.0800. The second kappa shape index (κ2) is 8.92. The molecule has 0 spiro atoms. The van der Waals surface area contributed by atoms with Gasteiger partial charge in [-0.15, -0.1) is 0 Å². The summed E-state index contributed by atoms with van der Waals surface area (Å²) >= 11 is 0. The van der Waals surface area contributed by atoms with E-state index in [0.29, 0.717) is 0 Å². The van der Waals surface area contributed by atoms with Gasteiger partial charge in [0.1, 0.15) is 0 Å². The summed E-state index contributed by atoms with van der Waals surface area (Å²) in [5.74, 6) is 1.86. The second-order valence-corrected chi connectivity index (χ2v) is 5.91. The van der Waals surface area contributed by atoms with Gasteiger partial charge in [0.25, 0.3) is 0 Å². The highest BCUT2D eigenvalue weighted by atomic mass is 16.5. The molecule has 2 heteroatoms. The van der Waals surface area contributed by atoms with Crippen molar-refractivity contribution in [3.05, 3.63) is 0 Å². The summed E-state index contributed by atoms with van der Waals surface area (Å²) in [6.45, 7) is 10.7. The van der Waals surface area contributed by atoms with Crippen LogP contribution in [0.3, 0.4) is 0 Å². The van der Waals surface area contributed by atoms with Crippen LogP contribution in [0.4, 0.5) is 0 Å². The Morgan fingerprint density at radius 1 is 0.833 bits per heavy atom. The highest BCUT2D eigenvalue weighted by molar-refractivity contribution is 4.82. The Kier molecular flexibility index (Phi) is 7.92. The predicted molar refractivity (Wildman–Crippen MR) is 78.9 cm³/mol. The summed E-state index contributed by atoms with van der Waals surface area (Å²) in [4.78, 5) is 0. The standard InChI is InChI=1S/C14H27NO.C2H6/c1-11(2)12-3-5-13(6-4-12)15-14-7-9-16-10-8-14;1-2/h11-15H,3-10H2,1-2H3;1-2H3. The number of hydrogen-bond acceptors (Lipinski definition) is 2. The largest absolute Gasteiger partial charge is 0.381 e. The molecule has 2 nitrogen and oxygen atoms in total. The fraction of sp³-hybridized carbons (Fsp3) is 1.00. The zero-order valence-corrected chi connectivity index (χ0v) is 12.9. The Morgan fingerprint density at radius 2 is 1.33 bits per heavy atom. The normalized spacial score (nSPS) is 29.8. The smallest absolute Gasteiger partial charge is 0.0480 e. The van der Waals surface area contributed by atoms with E-state index in [1.165, 1.54) is 38.5 Å². The predicted octanol–water partition coefficient (Wildman–Crippen LogP) is 4.00. The monoisotopic (exact) mass is 255 g/mol. The van der Waals surface area contributed by atoms with Crippen molar-refractivity contribution in [2.75, 3.05) is 13.2 Å². The van der Waals surface area contributed by atoms with E-state index in [-0.39, 0.29) is 0 Å². The van der Waals surface area contributed by atoms with Crippen LogP contribution in [0.25, 0.3) is 0 Å². The molecule has 0 radical (unpaired) electrons. The maximum absolute atomic E-state index is 5.40. The van der Waals surface area contributed by atoms with Gasteiger partial charge >= 0.3 is 0 Å². The molecule has 0 atom stereocenters. The zero-order chi connectivity index (χ0) is 13.4. The van der Waals surface area contributed by atoms with Gasteiger partial charge in [-0.1, -0.05) is 27.7 Å². The summed E-state index contributed by atoms with van der Waals surface area (Å²) in [5, 5.41) is 3.84. The molecule has 1 aliphatic carbocycles. The van der Waals surface area contributed by atoms with Crippen LogP contribution in [-0.4, -0.2) is 25.3 Å². The zero-order valence-electron chi connectivity index (χ0n) is 12.9. The number of hydrogen-bond donors (Lipinski definition) is 1. The number of rotatable bonds is 3. The maximum atomic E-state index is 5.40. The summed E-state index contributed by atoms with van der Waals surface area (Å²) in [5.41, 5.74) is 0. The molecule has 108 valence electrons. The second-order valence-electron chi connectivity index (χ2n) is 5.91. The van der Waals surface area contributed by atoms with Crippen LogP contribution in [0, 0.1) is 11.8 Å². The molecule has 1 heterocycles. The van der Waals surface area contributed by atoms with E-state index in [0.717, 1.165) is 37.1 Å². The highest BCUT2D eigenvalue weighted by Crippen LogP contribution is 2.30. The minimum absolute atomic E-state index is 0.731. The summed E-state index contributed by atoms with van der Waals surface area (Å²) in [7, 11) is 0. The van der Waals surface area contributed by atoms with E-state index >= 15 is 0 Å².